The predicted octanol–water partition coefficient (Wildman–Crippen LogP) is 4.02. The van der Waals surface area contributed by atoms with Gasteiger partial charge in [-0.05, 0) is 38.4 Å². The Kier molecular flexibility index (Phi) is 5.55. The molecule has 3 rings (SSSR count). The summed E-state index contributed by atoms with van der Waals surface area (Å²) in [6.07, 6.45) is -5.83. The second-order valence-corrected chi connectivity index (χ2v) is 7.44. The first kappa shape index (κ1) is 21.1. The van der Waals surface area contributed by atoms with E-state index in [2.05, 4.69) is 5.32 Å². The van der Waals surface area contributed by atoms with Crippen molar-refractivity contribution in [3.05, 3.63) is 69.3 Å². The van der Waals surface area contributed by atoms with Gasteiger partial charge in [-0.3, -0.25) is 10.1 Å². The lowest BCUT2D eigenvalue weighted by atomic mass is 9.83. The number of nitro groups is 1. The summed E-state index contributed by atoms with van der Waals surface area (Å²) >= 11 is 0. The standard InChI is InChI=1S/C20H21F3N2O4/c1-19(2)18(26)17(24-11-10-12-6-4-3-5-7-12)15-14(29-19)9-8-13(25(27)28)16(15)20(21,22)23/h3-9,17-18,24,26H,10-11H2,1-2H3. The number of aliphatic hydroxyl groups is 1. The summed E-state index contributed by atoms with van der Waals surface area (Å²) in [6, 6.07) is 10.1. The fraction of sp³-hybridized carbons (Fsp3) is 0.400. The Bertz CT molecular complexity index is 901. The third-order valence-electron chi connectivity index (χ3n) is 5.00. The molecule has 0 saturated heterocycles. The Morgan fingerprint density at radius 1 is 1.21 bits per heavy atom. The highest BCUT2D eigenvalue weighted by Crippen LogP contribution is 2.49. The number of aliphatic hydroxyl groups excluding tert-OH is 1. The molecule has 0 radical (unpaired) electrons. The Morgan fingerprint density at radius 2 is 1.86 bits per heavy atom. The van der Waals surface area contributed by atoms with Gasteiger partial charge in [0, 0.05) is 11.6 Å². The van der Waals surface area contributed by atoms with Gasteiger partial charge in [0.25, 0.3) is 5.69 Å². The molecule has 2 aromatic rings. The summed E-state index contributed by atoms with van der Waals surface area (Å²) in [6.45, 7) is 3.38. The third kappa shape index (κ3) is 4.20. The minimum absolute atomic E-state index is 0.129. The van der Waals surface area contributed by atoms with Gasteiger partial charge in [-0.15, -0.1) is 0 Å². The summed E-state index contributed by atoms with van der Waals surface area (Å²) < 4.78 is 47.0. The molecule has 156 valence electrons. The maximum absolute atomic E-state index is 13.8. The highest BCUT2D eigenvalue weighted by atomic mass is 19.4. The van der Waals surface area contributed by atoms with E-state index >= 15 is 0 Å². The van der Waals surface area contributed by atoms with Crippen LogP contribution in [0.15, 0.2) is 42.5 Å². The summed E-state index contributed by atoms with van der Waals surface area (Å²) in [5, 5.41) is 24.9. The first-order valence-electron chi connectivity index (χ1n) is 9.05. The van der Waals surface area contributed by atoms with Crippen molar-refractivity contribution in [2.45, 2.75) is 44.2 Å². The van der Waals surface area contributed by atoms with Crippen LogP contribution >= 0.6 is 0 Å². The van der Waals surface area contributed by atoms with Crippen LogP contribution in [0, 0.1) is 10.1 Å². The lowest BCUT2D eigenvalue weighted by molar-refractivity contribution is -0.388. The van der Waals surface area contributed by atoms with Crippen LogP contribution in [0.1, 0.15) is 36.6 Å². The zero-order valence-corrected chi connectivity index (χ0v) is 15.9. The van der Waals surface area contributed by atoms with Gasteiger partial charge in [0.05, 0.1) is 11.0 Å². The molecule has 1 aliphatic heterocycles. The Hall–Kier alpha value is -2.65. The Balaban J connectivity index is 2.04. The van der Waals surface area contributed by atoms with E-state index in [1.54, 1.807) is 13.8 Å². The maximum atomic E-state index is 13.8. The normalized spacial score (nSPS) is 20.6. The highest BCUT2D eigenvalue weighted by Gasteiger charge is 2.50. The molecular formula is C20H21F3N2O4. The number of hydrogen-bond donors (Lipinski definition) is 2. The quantitative estimate of drug-likeness (QED) is 0.575. The second kappa shape index (κ2) is 7.64. The van der Waals surface area contributed by atoms with Crippen LogP contribution < -0.4 is 10.1 Å². The summed E-state index contributed by atoms with van der Waals surface area (Å²) in [7, 11) is 0. The molecule has 0 aliphatic carbocycles. The summed E-state index contributed by atoms with van der Waals surface area (Å²) in [5.41, 5.74) is -3.12. The molecule has 0 saturated carbocycles. The largest absolute Gasteiger partial charge is 0.485 e. The monoisotopic (exact) mass is 410 g/mol. The smallest absolute Gasteiger partial charge is 0.423 e. The van der Waals surface area contributed by atoms with Crippen molar-refractivity contribution < 1.29 is 27.9 Å². The van der Waals surface area contributed by atoms with E-state index in [-0.39, 0.29) is 12.3 Å². The molecule has 1 aliphatic rings. The van der Waals surface area contributed by atoms with Crippen molar-refractivity contribution in [2.24, 2.45) is 0 Å². The molecule has 0 fully saturated rings. The molecular weight excluding hydrogens is 389 g/mol. The fourth-order valence-corrected chi connectivity index (χ4v) is 3.57. The minimum Gasteiger partial charge on any atom is -0.485 e. The lowest BCUT2D eigenvalue weighted by Crippen LogP contribution is -2.53. The molecule has 9 heteroatoms. The number of halogens is 3. The lowest BCUT2D eigenvalue weighted by Gasteiger charge is -2.43. The summed E-state index contributed by atoms with van der Waals surface area (Å²) in [5.74, 6) is -0.129. The molecule has 0 aromatic heterocycles. The van der Waals surface area contributed by atoms with E-state index in [1.165, 1.54) is 0 Å². The van der Waals surface area contributed by atoms with E-state index in [0.717, 1.165) is 17.7 Å². The van der Waals surface area contributed by atoms with Gasteiger partial charge < -0.3 is 15.2 Å². The molecule has 29 heavy (non-hydrogen) atoms. The van der Waals surface area contributed by atoms with Crippen molar-refractivity contribution in [2.75, 3.05) is 6.54 Å². The molecule has 6 nitrogen and oxygen atoms in total. The van der Waals surface area contributed by atoms with Crippen LogP contribution in [-0.4, -0.2) is 28.3 Å². The van der Waals surface area contributed by atoms with Crippen LogP contribution in [0.5, 0.6) is 5.75 Å². The van der Waals surface area contributed by atoms with E-state index in [1.807, 2.05) is 30.3 Å². The topological polar surface area (TPSA) is 84.6 Å². The van der Waals surface area contributed by atoms with Gasteiger partial charge >= 0.3 is 6.18 Å². The number of nitrogens with one attached hydrogen (secondary N) is 1. The molecule has 2 atom stereocenters. The average molecular weight is 410 g/mol. The van der Waals surface area contributed by atoms with Crippen LogP contribution in [-0.2, 0) is 12.6 Å². The Morgan fingerprint density at radius 3 is 2.45 bits per heavy atom. The zero-order valence-electron chi connectivity index (χ0n) is 15.9. The van der Waals surface area contributed by atoms with Crippen molar-refractivity contribution in [1.82, 2.24) is 5.32 Å². The van der Waals surface area contributed by atoms with Gasteiger partial charge in [-0.25, -0.2) is 0 Å². The van der Waals surface area contributed by atoms with Crippen molar-refractivity contribution in [1.29, 1.82) is 0 Å². The maximum Gasteiger partial charge on any atom is 0.423 e. The molecule has 2 N–H and O–H groups in total. The molecule has 2 aromatic carbocycles. The zero-order chi connectivity index (χ0) is 21.4. The Labute approximate surface area is 165 Å². The van der Waals surface area contributed by atoms with Crippen molar-refractivity contribution >= 4 is 5.69 Å². The first-order chi connectivity index (χ1) is 13.5. The van der Waals surface area contributed by atoms with Crippen LogP contribution in [0.25, 0.3) is 0 Å². The number of rotatable bonds is 5. The number of alkyl halides is 3. The predicted molar refractivity (Wildman–Crippen MR) is 99.7 cm³/mol. The molecule has 0 spiro atoms. The summed E-state index contributed by atoms with van der Waals surface area (Å²) in [4.78, 5) is 10.2. The molecule has 1 heterocycles. The van der Waals surface area contributed by atoms with Gasteiger partial charge in [0.15, 0.2) is 0 Å². The number of nitrogens with zero attached hydrogens (tertiary/aromatic N) is 1. The number of benzene rings is 2. The van der Waals surface area contributed by atoms with Crippen molar-refractivity contribution in [3.8, 4) is 5.75 Å². The van der Waals surface area contributed by atoms with Crippen LogP contribution in [0.2, 0.25) is 0 Å². The van der Waals surface area contributed by atoms with E-state index in [0.29, 0.717) is 6.42 Å². The number of ether oxygens (including phenoxy) is 1. The van der Waals surface area contributed by atoms with Gasteiger partial charge in [-0.1, -0.05) is 30.3 Å². The second-order valence-electron chi connectivity index (χ2n) is 7.44. The molecule has 0 bridgehead atoms. The number of nitro benzene ring substituents is 1. The third-order valence-corrected chi connectivity index (χ3v) is 5.00. The number of hydrogen-bond acceptors (Lipinski definition) is 5. The SMILES string of the molecule is CC1(C)Oc2ccc([N+](=O)[O-])c(C(F)(F)F)c2C(NCCc2ccccc2)C1O. The fourth-order valence-electron chi connectivity index (χ4n) is 3.57. The van der Waals surface area contributed by atoms with Gasteiger partial charge in [-0.2, -0.15) is 13.2 Å². The van der Waals surface area contributed by atoms with E-state index < -0.39 is 45.7 Å². The van der Waals surface area contributed by atoms with Gasteiger partial charge in [0.1, 0.15) is 23.0 Å². The van der Waals surface area contributed by atoms with Crippen LogP contribution in [0.3, 0.4) is 0 Å². The first-order valence-corrected chi connectivity index (χ1v) is 9.05. The van der Waals surface area contributed by atoms with E-state index in [4.69, 9.17) is 4.74 Å². The van der Waals surface area contributed by atoms with Crippen molar-refractivity contribution in [3.63, 3.8) is 0 Å². The molecule has 2 unspecified atom stereocenters. The van der Waals surface area contributed by atoms with E-state index in [9.17, 15) is 28.4 Å². The minimum atomic E-state index is -4.99. The van der Waals surface area contributed by atoms with Gasteiger partial charge in [0.2, 0.25) is 0 Å². The average Bonchev–Trinajstić information content (AvgIpc) is 2.63. The number of fused-ring (bicyclic) bond motifs is 1. The molecule has 0 amide bonds. The highest BCUT2D eigenvalue weighted by molar-refractivity contribution is 5.57. The van der Waals surface area contributed by atoms with Crippen LogP contribution in [0.4, 0.5) is 18.9 Å².